The molecule has 1 aromatic rings. The summed E-state index contributed by atoms with van der Waals surface area (Å²) in [5.41, 5.74) is 5.66. The number of nitrogen functional groups attached to an aromatic ring is 1. The van der Waals surface area contributed by atoms with Crippen LogP contribution in [0.3, 0.4) is 0 Å². The van der Waals surface area contributed by atoms with Gasteiger partial charge in [0.2, 0.25) is 0 Å². The van der Waals surface area contributed by atoms with Gasteiger partial charge in [-0.25, -0.2) is 4.98 Å². The van der Waals surface area contributed by atoms with Gasteiger partial charge in [-0.15, -0.1) is 11.3 Å². The number of hydrogen-bond donors (Lipinski definition) is 1. The monoisotopic (exact) mass is 239 g/mol. The summed E-state index contributed by atoms with van der Waals surface area (Å²) < 4.78 is 0. The fraction of sp³-hybridized carbons (Fsp3) is 0.750. The molecule has 2 N–H and O–H groups in total. The zero-order chi connectivity index (χ0) is 11.5. The molecule has 4 heteroatoms. The molecule has 1 aliphatic rings. The fourth-order valence-electron chi connectivity index (χ4n) is 2.51. The van der Waals surface area contributed by atoms with Gasteiger partial charge in [-0.05, 0) is 31.7 Å². The largest absolute Gasteiger partial charge is 0.375 e. The van der Waals surface area contributed by atoms with Gasteiger partial charge >= 0.3 is 0 Å². The molecule has 0 bridgehead atoms. The molecule has 2 rings (SSSR count). The predicted octanol–water partition coefficient (Wildman–Crippen LogP) is 2.74. The molecule has 0 aliphatic carbocycles. The molecule has 0 saturated carbocycles. The zero-order valence-corrected chi connectivity index (χ0v) is 11.0. The lowest BCUT2D eigenvalue weighted by Crippen LogP contribution is -2.29. The van der Waals surface area contributed by atoms with Gasteiger partial charge in [0.05, 0.1) is 0 Å². The molecule has 90 valence electrons. The molecule has 1 saturated heterocycles. The first-order valence-corrected chi connectivity index (χ1v) is 6.91. The van der Waals surface area contributed by atoms with Crippen LogP contribution in [0.25, 0.3) is 0 Å². The molecule has 1 atom stereocenters. The van der Waals surface area contributed by atoms with Crippen LogP contribution in [-0.4, -0.2) is 22.5 Å². The summed E-state index contributed by atoms with van der Waals surface area (Å²) in [5, 5.41) is 0.689. The molecule has 1 aliphatic heterocycles. The highest BCUT2D eigenvalue weighted by Gasteiger charge is 2.25. The lowest BCUT2D eigenvalue weighted by Gasteiger charge is -2.25. The predicted molar refractivity (Wildman–Crippen MR) is 69.4 cm³/mol. The first kappa shape index (κ1) is 11.9. The van der Waals surface area contributed by atoms with Crippen molar-refractivity contribution >= 4 is 16.5 Å². The van der Waals surface area contributed by atoms with Crippen molar-refractivity contribution in [3.63, 3.8) is 0 Å². The van der Waals surface area contributed by atoms with E-state index >= 15 is 0 Å². The Morgan fingerprint density at radius 1 is 1.62 bits per heavy atom. The van der Waals surface area contributed by atoms with E-state index in [4.69, 9.17) is 5.73 Å². The fourth-order valence-corrected chi connectivity index (χ4v) is 3.22. The van der Waals surface area contributed by atoms with Crippen molar-refractivity contribution in [1.29, 1.82) is 0 Å². The number of hydrogen-bond acceptors (Lipinski definition) is 4. The van der Waals surface area contributed by atoms with Crippen molar-refractivity contribution in [3.8, 4) is 0 Å². The van der Waals surface area contributed by atoms with Gasteiger partial charge in [-0.1, -0.05) is 13.8 Å². The Balaban J connectivity index is 1.93. The van der Waals surface area contributed by atoms with Crippen LogP contribution in [0.5, 0.6) is 0 Å². The molecule has 0 spiro atoms. The topological polar surface area (TPSA) is 42.2 Å². The van der Waals surface area contributed by atoms with E-state index in [9.17, 15) is 0 Å². The smallest absolute Gasteiger partial charge is 0.180 e. The third-order valence-corrected chi connectivity index (χ3v) is 3.98. The van der Waals surface area contributed by atoms with E-state index in [2.05, 4.69) is 23.7 Å². The van der Waals surface area contributed by atoms with E-state index in [0.717, 1.165) is 18.5 Å². The van der Waals surface area contributed by atoms with Crippen LogP contribution in [0, 0.1) is 5.92 Å². The number of aromatic nitrogens is 1. The number of likely N-dealkylation sites (tertiary alicyclic amines) is 1. The van der Waals surface area contributed by atoms with E-state index in [1.54, 1.807) is 11.3 Å². The summed E-state index contributed by atoms with van der Waals surface area (Å²) in [5.74, 6) is 0.789. The Kier molecular flexibility index (Phi) is 3.82. The Morgan fingerprint density at radius 2 is 2.44 bits per heavy atom. The maximum Gasteiger partial charge on any atom is 0.180 e. The molecule has 1 unspecified atom stereocenters. The van der Waals surface area contributed by atoms with Gasteiger partial charge in [-0.3, -0.25) is 4.90 Å². The summed E-state index contributed by atoms with van der Waals surface area (Å²) in [6, 6.07) is 0.767. The summed E-state index contributed by atoms with van der Waals surface area (Å²) in [6.45, 7) is 6.88. The van der Waals surface area contributed by atoms with Crippen LogP contribution < -0.4 is 5.73 Å². The second kappa shape index (κ2) is 5.15. The summed E-state index contributed by atoms with van der Waals surface area (Å²) >= 11 is 1.62. The number of nitrogens with zero attached hydrogens (tertiary/aromatic N) is 2. The maximum atomic E-state index is 5.66. The molecule has 2 heterocycles. The van der Waals surface area contributed by atoms with Crippen LogP contribution in [0.4, 0.5) is 5.13 Å². The van der Waals surface area contributed by atoms with Crippen molar-refractivity contribution < 1.29 is 0 Å². The molecule has 3 nitrogen and oxygen atoms in total. The lowest BCUT2D eigenvalue weighted by molar-refractivity contribution is 0.220. The standard InChI is InChI=1S/C12H21N3S/c1-9(2)6-10-4-3-5-15(10)8-11-7-14-12(13)16-11/h7,9-10H,3-6,8H2,1-2H3,(H2,13,14). The highest BCUT2D eigenvalue weighted by molar-refractivity contribution is 7.15. The van der Waals surface area contributed by atoms with Crippen LogP contribution in [-0.2, 0) is 6.54 Å². The number of thiazole rings is 1. The molecule has 1 aromatic heterocycles. The quantitative estimate of drug-likeness (QED) is 0.878. The molecule has 0 aromatic carbocycles. The molecule has 16 heavy (non-hydrogen) atoms. The highest BCUT2D eigenvalue weighted by Crippen LogP contribution is 2.26. The van der Waals surface area contributed by atoms with Crippen molar-refractivity contribution in [1.82, 2.24) is 9.88 Å². The van der Waals surface area contributed by atoms with E-state index in [-0.39, 0.29) is 0 Å². The zero-order valence-electron chi connectivity index (χ0n) is 10.1. The van der Waals surface area contributed by atoms with E-state index < -0.39 is 0 Å². The highest BCUT2D eigenvalue weighted by atomic mass is 32.1. The van der Waals surface area contributed by atoms with E-state index in [0.29, 0.717) is 5.13 Å². The second-order valence-corrected chi connectivity index (χ2v) is 6.21. The third-order valence-electron chi connectivity index (χ3n) is 3.17. The first-order valence-electron chi connectivity index (χ1n) is 6.09. The van der Waals surface area contributed by atoms with Crippen molar-refractivity contribution in [2.75, 3.05) is 12.3 Å². The molecular formula is C12H21N3S. The molecular weight excluding hydrogens is 218 g/mol. The van der Waals surface area contributed by atoms with Crippen LogP contribution >= 0.6 is 11.3 Å². The summed E-state index contributed by atoms with van der Waals surface area (Å²) in [6.07, 6.45) is 5.93. The minimum atomic E-state index is 0.689. The molecule has 0 amide bonds. The maximum absolute atomic E-state index is 5.66. The summed E-state index contributed by atoms with van der Waals surface area (Å²) in [4.78, 5) is 8.00. The Morgan fingerprint density at radius 3 is 3.06 bits per heavy atom. The van der Waals surface area contributed by atoms with Crippen molar-refractivity contribution in [2.24, 2.45) is 5.92 Å². The van der Waals surface area contributed by atoms with Gasteiger partial charge in [0.25, 0.3) is 0 Å². The lowest BCUT2D eigenvalue weighted by atomic mass is 10.0. The average molecular weight is 239 g/mol. The Bertz CT molecular complexity index is 335. The van der Waals surface area contributed by atoms with Crippen molar-refractivity contribution in [2.45, 2.75) is 45.7 Å². The van der Waals surface area contributed by atoms with Gasteiger partial charge in [0, 0.05) is 23.7 Å². The van der Waals surface area contributed by atoms with Gasteiger partial charge in [0.15, 0.2) is 5.13 Å². The van der Waals surface area contributed by atoms with Crippen LogP contribution in [0.2, 0.25) is 0 Å². The number of anilines is 1. The normalized spacial score (nSPS) is 22.1. The van der Waals surface area contributed by atoms with E-state index in [1.165, 1.54) is 30.7 Å². The van der Waals surface area contributed by atoms with Crippen molar-refractivity contribution in [3.05, 3.63) is 11.1 Å². The SMILES string of the molecule is CC(C)CC1CCCN1Cc1cnc(N)s1. The minimum Gasteiger partial charge on any atom is -0.375 e. The number of nitrogens with two attached hydrogens (primary N) is 1. The van der Waals surface area contributed by atoms with Gasteiger partial charge in [-0.2, -0.15) is 0 Å². The van der Waals surface area contributed by atoms with Crippen LogP contribution in [0.1, 0.15) is 38.0 Å². The Hall–Kier alpha value is -0.610. The summed E-state index contributed by atoms with van der Waals surface area (Å²) in [7, 11) is 0. The van der Waals surface area contributed by atoms with Gasteiger partial charge < -0.3 is 5.73 Å². The number of rotatable bonds is 4. The minimum absolute atomic E-state index is 0.689. The third kappa shape index (κ3) is 2.95. The Labute approximate surface area is 102 Å². The molecule has 1 fully saturated rings. The average Bonchev–Trinajstić information content (AvgIpc) is 2.77. The van der Waals surface area contributed by atoms with Crippen LogP contribution in [0.15, 0.2) is 6.20 Å². The van der Waals surface area contributed by atoms with Gasteiger partial charge in [0.1, 0.15) is 0 Å². The van der Waals surface area contributed by atoms with E-state index in [1.807, 2.05) is 6.20 Å². The first-order chi connectivity index (χ1) is 7.65. The second-order valence-electron chi connectivity index (χ2n) is 5.06. The molecule has 0 radical (unpaired) electrons.